The molecule has 1 aromatic carbocycles. The molecule has 0 saturated heterocycles. The van der Waals surface area contributed by atoms with E-state index in [4.69, 9.17) is 11.5 Å². The fourth-order valence-corrected chi connectivity index (χ4v) is 3.68. The number of aromatic nitrogens is 2. The second-order valence-corrected chi connectivity index (χ2v) is 9.45. The summed E-state index contributed by atoms with van der Waals surface area (Å²) >= 11 is 0. The summed E-state index contributed by atoms with van der Waals surface area (Å²) in [5, 5.41) is 26.3. The molecule has 0 saturated carbocycles. The highest BCUT2D eigenvalue weighted by Crippen LogP contribution is 2.11. The highest BCUT2D eigenvalue weighted by atomic mass is 16.4. The minimum absolute atomic E-state index is 0.0525. The number of phenols is 1. The van der Waals surface area contributed by atoms with Gasteiger partial charge in [-0.15, -0.1) is 0 Å². The molecule has 10 N–H and O–H groups in total. The van der Waals surface area contributed by atoms with E-state index in [0.717, 1.165) is 0 Å². The van der Waals surface area contributed by atoms with Crippen molar-refractivity contribution in [1.29, 1.82) is 0 Å². The number of hydrogen-bond acceptors (Lipinski definition) is 8. The normalized spacial score (nSPS) is 14.1. The van der Waals surface area contributed by atoms with Crippen LogP contribution in [0.4, 0.5) is 0 Å². The number of H-pyrrole nitrogens is 1. The minimum Gasteiger partial charge on any atom is -0.508 e. The Morgan fingerprint density at radius 3 is 2.10 bits per heavy atom. The van der Waals surface area contributed by atoms with Gasteiger partial charge in [0.25, 0.3) is 0 Å². The lowest BCUT2D eigenvalue weighted by molar-refractivity contribution is -0.143. The summed E-state index contributed by atoms with van der Waals surface area (Å²) in [5.41, 5.74) is 12.4. The van der Waals surface area contributed by atoms with Gasteiger partial charge in [-0.1, -0.05) is 26.0 Å². The molecule has 0 radical (unpaired) electrons. The van der Waals surface area contributed by atoms with Crippen LogP contribution in [0.15, 0.2) is 36.8 Å². The number of hydrogen-bond donors (Lipinski definition) is 8. The van der Waals surface area contributed by atoms with Gasteiger partial charge in [0.05, 0.1) is 12.4 Å². The smallest absolute Gasteiger partial charge is 0.326 e. The molecular weight excluding hydrogens is 510 g/mol. The first kappa shape index (κ1) is 30.8. The number of imidazole rings is 1. The van der Waals surface area contributed by atoms with Gasteiger partial charge in [0, 0.05) is 24.7 Å². The van der Waals surface area contributed by atoms with E-state index in [-0.39, 0.29) is 31.4 Å². The largest absolute Gasteiger partial charge is 0.508 e. The Bertz CT molecular complexity index is 1140. The SMILES string of the molecule is CC(C)C(NC(=O)C(Cc1cnc[nH]1)NC(=O)C(CCC(N)=O)NC(=O)C(N)Cc1ccc(O)cc1)C(=O)O. The quantitative estimate of drug-likeness (QED) is 0.132. The molecule has 4 atom stereocenters. The lowest BCUT2D eigenvalue weighted by Crippen LogP contribution is -2.58. The lowest BCUT2D eigenvalue weighted by Gasteiger charge is -2.26. The summed E-state index contributed by atoms with van der Waals surface area (Å²) in [6.07, 6.45) is 2.47. The number of carbonyl (C=O) groups excluding carboxylic acids is 4. The van der Waals surface area contributed by atoms with Crippen molar-refractivity contribution >= 4 is 29.6 Å². The topological polar surface area (TPSA) is 243 Å². The first-order chi connectivity index (χ1) is 18.4. The Balaban J connectivity index is 2.19. The van der Waals surface area contributed by atoms with Crippen molar-refractivity contribution in [3.63, 3.8) is 0 Å². The number of nitrogens with one attached hydrogen (secondary N) is 4. The zero-order valence-electron chi connectivity index (χ0n) is 21.7. The molecule has 212 valence electrons. The van der Waals surface area contributed by atoms with Crippen molar-refractivity contribution in [2.24, 2.45) is 17.4 Å². The van der Waals surface area contributed by atoms with Crippen LogP contribution in [-0.2, 0) is 36.8 Å². The summed E-state index contributed by atoms with van der Waals surface area (Å²) in [7, 11) is 0. The highest BCUT2D eigenvalue weighted by Gasteiger charge is 2.32. The van der Waals surface area contributed by atoms with Crippen molar-refractivity contribution in [2.45, 2.75) is 63.7 Å². The summed E-state index contributed by atoms with van der Waals surface area (Å²) in [6, 6.07) is 1.31. The van der Waals surface area contributed by atoms with Crippen molar-refractivity contribution in [2.75, 3.05) is 0 Å². The zero-order chi connectivity index (χ0) is 29.1. The van der Waals surface area contributed by atoms with E-state index >= 15 is 0 Å². The molecule has 4 amide bonds. The Hall–Kier alpha value is -4.46. The number of benzene rings is 1. The van der Waals surface area contributed by atoms with Crippen LogP contribution < -0.4 is 27.4 Å². The average Bonchev–Trinajstić information content (AvgIpc) is 3.38. The number of nitrogens with two attached hydrogens (primary N) is 2. The van der Waals surface area contributed by atoms with Crippen LogP contribution in [0.2, 0.25) is 0 Å². The van der Waals surface area contributed by atoms with Crippen LogP contribution in [0.25, 0.3) is 0 Å². The van der Waals surface area contributed by atoms with Crippen LogP contribution in [0, 0.1) is 5.92 Å². The van der Waals surface area contributed by atoms with Crippen molar-refractivity contribution in [3.05, 3.63) is 48.0 Å². The van der Waals surface area contributed by atoms with Gasteiger partial charge in [-0.3, -0.25) is 19.2 Å². The van der Waals surface area contributed by atoms with E-state index in [1.54, 1.807) is 26.0 Å². The first-order valence-electron chi connectivity index (χ1n) is 12.3. The number of carboxylic acid groups (broad SMARTS) is 1. The van der Waals surface area contributed by atoms with E-state index in [9.17, 15) is 34.2 Å². The molecule has 0 aliphatic heterocycles. The van der Waals surface area contributed by atoms with Crippen LogP contribution >= 0.6 is 0 Å². The molecule has 0 aliphatic carbocycles. The van der Waals surface area contributed by atoms with E-state index in [1.165, 1.54) is 24.7 Å². The standard InChI is InChI=1S/C25H35N7O7/c1-13(2)21(25(38)39)32-24(37)19(10-15-11-28-12-29-15)31-23(36)18(7-8-20(27)34)30-22(35)17(26)9-14-3-5-16(33)6-4-14/h3-6,11-13,17-19,21,33H,7-10,26H2,1-2H3,(H2,27,34)(H,28,29)(H,30,35)(H,31,36)(H,32,37)(H,38,39). The third-order valence-electron chi connectivity index (χ3n) is 5.88. The zero-order valence-corrected chi connectivity index (χ0v) is 21.7. The number of primary amides is 1. The van der Waals surface area contributed by atoms with Gasteiger partial charge in [-0.05, 0) is 36.5 Å². The van der Waals surface area contributed by atoms with Gasteiger partial charge in [-0.25, -0.2) is 9.78 Å². The fraction of sp³-hybridized carbons (Fsp3) is 0.440. The number of amides is 4. The predicted octanol–water partition coefficient (Wildman–Crippen LogP) is -1.31. The third kappa shape index (κ3) is 10.1. The molecule has 2 aromatic rings. The Morgan fingerprint density at radius 1 is 0.949 bits per heavy atom. The fourth-order valence-electron chi connectivity index (χ4n) is 3.68. The number of nitrogens with zero attached hydrogens (tertiary/aromatic N) is 1. The van der Waals surface area contributed by atoms with Gasteiger partial charge >= 0.3 is 5.97 Å². The number of aromatic amines is 1. The van der Waals surface area contributed by atoms with Crippen molar-refractivity contribution < 1.29 is 34.2 Å². The molecule has 2 rings (SSSR count). The monoisotopic (exact) mass is 545 g/mol. The second kappa shape index (κ2) is 14.5. The summed E-state index contributed by atoms with van der Waals surface area (Å²) in [5.74, 6) is -4.57. The molecule has 0 aliphatic rings. The second-order valence-electron chi connectivity index (χ2n) is 9.45. The van der Waals surface area contributed by atoms with E-state index in [1.807, 2.05) is 0 Å². The number of aliphatic carboxylic acids is 1. The first-order valence-corrected chi connectivity index (χ1v) is 12.3. The molecule has 0 bridgehead atoms. The highest BCUT2D eigenvalue weighted by molar-refractivity contribution is 5.94. The van der Waals surface area contributed by atoms with Crippen LogP contribution in [0.3, 0.4) is 0 Å². The van der Waals surface area contributed by atoms with E-state index in [0.29, 0.717) is 11.3 Å². The molecule has 39 heavy (non-hydrogen) atoms. The Morgan fingerprint density at radius 2 is 1.56 bits per heavy atom. The molecule has 1 heterocycles. The number of carboxylic acids is 1. The summed E-state index contributed by atoms with van der Waals surface area (Å²) in [4.78, 5) is 68.8. The van der Waals surface area contributed by atoms with Gasteiger partial charge in [-0.2, -0.15) is 0 Å². The lowest BCUT2D eigenvalue weighted by atomic mass is 10.0. The maximum atomic E-state index is 13.2. The van der Waals surface area contributed by atoms with Crippen LogP contribution in [0.5, 0.6) is 5.75 Å². The Labute approximate surface area is 224 Å². The number of rotatable bonds is 15. The van der Waals surface area contributed by atoms with Gasteiger partial charge < -0.3 is 42.6 Å². The maximum Gasteiger partial charge on any atom is 0.326 e. The molecule has 0 spiro atoms. The molecule has 14 nitrogen and oxygen atoms in total. The molecular formula is C25H35N7O7. The van der Waals surface area contributed by atoms with Gasteiger partial charge in [0.15, 0.2) is 0 Å². The summed E-state index contributed by atoms with van der Waals surface area (Å²) in [6.45, 7) is 3.25. The molecule has 4 unspecified atom stereocenters. The average molecular weight is 546 g/mol. The molecule has 1 aromatic heterocycles. The molecule has 0 fully saturated rings. The van der Waals surface area contributed by atoms with Crippen molar-refractivity contribution in [3.8, 4) is 5.75 Å². The molecule has 14 heteroatoms. The third-order valence-corrected chi connectivity index (χ3v) is 5.88. The van der Waals surface area contributed by atoms with E-state index < -0.39 is 59.7 Å². The maximum absolute atomic E-state index is 13.2. The minimum atomic E-state index is -1.27. The van der Waals surface area contributed by atoms with Crippen LogP contribution in [-0.4, -0.2) is 73.9 Å². The van der Waals surface area contributed by atoms with Gasteiger partial charge in [0.1, 0.15) is 23.9 Å². The van der Waals surface area contributed by atoms with E-state index in [2.05, 4.69) is 25.9 Å². The van der Waals surface area contributed by atoms with Crippen LogP contribution in [0.1, 0.15) is 37.9 Å². The Kier molecular flexibility index (Phi) is 11.4. The van der Waals surface area contributed by atoms with Crippen molar-refractivity contribution in [1.82, 2.24) is 25.9 Å². The number of phenolic OH excluding ortho intramolecular Hbond substituents is 1. The number of aromatic hydroxyl groups is 1. The predicted molar refractivity (Wildman–Crippen MR) is 139 cm³/mol. The number of carbonyl (C=O) groups is 5. The summed E-state index contributed by atoms with van der Waals surface area (Å²) < 4.78 is 0. The van der Waals surface area contributed by atoms with Gasteiger partial charge in [0.2, 0.25) is 23.6 Å².